The van der Waals surface area contributed by atoms with Crippen molar-refractivity contribution in [2.24, 2.45) is 16.8 Å². The minimum Gasteiger partial charge on any atom is -0.362 e. The first-order valence-corrected chi connectivity index (χ1v) is 6.12. The summed E-state index contributed by atoms with van der Waals surface area (Å²) in [7, 11) is 0. The first-order chi connectivity index (χ1) is 6.16. The summed E-state index contributed by atoms with van der Waals surface area (Å²) in [6, 6.07) is 1.20. The molecule has 0 aromatic rings. The zero-order valence-corrected chi connectivity index (χ0v) is 9.40. The molecule has 1 saturated carbocycles. The molecule has 1 saturated heterocycles. The zero-order valence-electron chi connectivity index (χ0n) is 8.58. The zero-order chi connectivity index (χ0) is 9.42. The second kappa shape index (κ2) is 3.52. The number of rotatable bonds is 1. The highest BCUT2D eigenvalue weighted by Gasteiger charge is 2.34. The Morgan fingerprint density at radius 1 is 1.38 bits per heavy atom. The third-order valence-electron chi connectivity index (χ3n) is 3.24. The molecule has 2 fully saturated rings. The van der Waals surface area contributed by atoms with Crippen molar-refractivity contribution >= 4 is 16.9 Å². The molecule has 1 heterocycles. The van der Waals surface area contributed by atoms with Gasteiger partial charge in [-0.3, -0.25) is 4.99 Å². The molecule has 1 aliphatic carbocycles. The summed E-state index contributed by atoms with van der Waals surface area (Å²) in [5.74, 6) is 2.83. The van der Waals surface area contributed by atoms with Crippen LogP contribution in [0.5, 0.6) is 0 Å². The molecule has 0 aromatic carbocycles. The summed E-state index contributed by atoms with van der Waals surface area (Å²) >= 11 is 1.87. The van der Waals surface area contributed by atoms with E-state index in [1.54, 1.807) is 0 Å². The van der Waals surface area contributed by atoms with Gasteiger partial charge in [-0.1, -0.05) is 25.6 Å². The van der Waals surface area contributed by atoms with Gasteiger partial charge in [-0.25, -0.2) is 0 Å². The van der Waals surface area contributed by atoms with Crippen molar-refractivity contribution in [2.75, 3.05) is 5.75 Å². The second-order valence-electron chi connectivity index (χ2n) is 4.43. The standard InChI is InChI=1S/C10H18N2S/c1-6-4-9(8(6)3)12-10-11-7(2)5-13-10/h6-9H,4-5H2,1-3H3,(H,11,12). The number of aliphatic imine (C=N–C) groups is 1. The molecule has 3 heteroatoms. The van der Waals surface area contributed by atoms with Gasteiger partial charge in [0, 0.05) is 11.8 Å². The highest BCUT2D eigenvalue weighted by molar-refractivity contribution is 8.14. The van der Waals surface area contributed by atoms with Gasteiger partial charge in [-0.15, -0.1) is 0 Å². The van der Waals surface area contributed by atoms with E-state index in [4.69, 9.17) is 4.99 Å². The van der Waals surface area contributed by atoms with Crippen LogP contribution in [0, 0.1) is 11.8 Å². The van der Waals surface area contributed by atoms with E-state index < -0.39 is 0 Å². The van der Waals surface area contributed by atoms with Gasteiger partial charge in [0.2, 0.25) is 0 Å². The monoisotopic (exact) mass is 198 g/mol. The molecule has 0 spiro atoms. The van der Waals surface area contributed by atoms with E-state index in [0.29, 0.717) is 12.1 Å². The lowest BCUT2D eigenvalue weighted by molar-refractivity contribution is 0.175. The number of nitrogens with zero attached hydrogens (tertiary/aromatic N) is 1. The Labute approximate surface area is 84.6 Å². The van der Waals surface area contributed by atoms with E-state index in [1.165, 1.54) is 17.3 Å². The third-order valence-corrected chi connectivity index (χ3v) is 4.40. The molecule has 0 radical (unpaired) electrons. The number of amidine groups is 1. The topological polar surface area (TPSA) is 24.4 Å². The van der Waals surface area contributed by atoms with E-state index in [1.807, 2.05) is 11.8 Å². The fourth-order valence-electron chi connectivity index (χ4n) is 1.89. The Balaban J connectivity index is 1.90. The van der Waals surface area contributed by atoms with Crippen LogP contribution < -0.4 is 5.32 Å². The Kier molecular flexibility index (Phi) is 2.54. The smallest absolute Gasteiger partial charge is 0.157 e. The van der Waals surface area contributed by atoms with Crippen LogP contribution in [0.1, 0.15) is 27.2 Å². The Morgan fingerprint density at radius 3 is 2.62 bits per heavy atom. The van der Waals surface area contributed by atoms with Crippen molar-refractivity contribution in [3.8, 4) is 0 Å². The molecule has 4 unspecified atom stereocenters. The summed E-state index contributed by atoms with van der Waals surface area (Å²) < 4.78 is 0. The minimum atomic E-state index is 0.593. The number of nitrogens with one attached hydrogen (secondary N) is 1. The van der Waals surface area contributed by atoms with E-state index in [2.05, 4.69) is 26.1 Å². The van der Waals surface area contributed by atoms with E-state index in [9.17, 15) is 0 Å². The molecular formula is C10H18N2S. The lowest BCUT2D eigenvalue weighted by atomic mass is 9.72. The summed E-state index contributed by atoms with van der Waals surface area (Å²) in [4.78, 5) is 4.73. The third kappa shape index (κ3) is 1.85. The average molecular weight is 198 g/mol. The van der Waals surface area contributed by atoms with Crippen LogP contribution in [-0.4, -0.2) is 23.0 Å². The largest absolute Gasteiger partial charge is 0.362 e. The Hall–Kier alpha value is -0.180. The molecule has 4 atom stereocenters. The molecule has 1 aliphatic heterocycles. The van der Waals surface area contributed by atoms with Gasteiger partial charge in [0.15, 0.2) is 5.17 Å². The van der Waals surface area contributed by atoms with Crippen LogP contribution >= 0.6 is 11.8 Å². The molecule has 2 rings (SSSR count). The molecule has 1 N–H and O–H groups in total. The van der Waals surface area contributed by atoms with Crippen LogP contribution in [0.4, 0.5) is 0 Å². The molecule has 74 valence electrons. The normalized spacial score (nSPS) is 47.5. The van der Waals surface area contributed by atoms with Crippen LogP contribution in [-0.2, 0) is 0 Å². The lowest BCUT2D eigenvalue weighted by Crippen LogP contribution is -2.37. The minimum absolute atomic E-state index is 0.593. The summed E-state index contributed by atoms with van der Waals surface area (Å²) in [5, 5.41) is 4.58. The quantitative estimate of drug-likeness (QED) is 0.698. The van der Waals surface area contributed by atoms with Crippen molar-refractivity contribution in [1.82, 2.24) is 5.32 Å². The maximum atomic E-state index is 4.73. The first-order valence-electron chi connectivity index (χ1n) is 5.14. The summed E-state index contributed by atoms with van der Waals surface area (Å²) in [6.45, 7) is 6.84. The maximum Gasteiger partial charge on any atom is 0.157 e. The van der Waals surface area contributed by atoms with Crippen molar-refractivity contribution in [2.45, 2.75) is 39.3 Å². The maximum absolute atomic E-state index is 4.73. The Bertz CT molecular complexity index is 227. The van der Waals surface area contributed by atoms with Crippen molar-refractivity contribution in [1.29, 1.82) is 0 Å². The number of hydrogen-bond acceptors (Lipinski definition) is 2. The molecule has 2 nitrogen and oxygen atoms in total. The summed E-state index contributed by atoms with van der Waals surface area (Å²) in [6.07, 6.45) is 1.28. The van der Waals surface area contributed by atoms with Crippen LogP contribution in [0.3, 0.4) is 0 Å². The molecular weight excluding hydrogens is 180 g/mol. The van der Waals surface area contributed by atoms with Gasteiger partial charge in [0.25, 0.3) is 0 Å². The first kappa shape index (κ1) is 9.38. The predicted octanol–water partition coefficient (Wildman–Crippen LogP) is 2.11. The van der Waals surface area contributed by atoms with Crippen LogP contribution in [0.15, 0.2) is 4.99 Å². The van der Waals surface area contributed by atoms with Gasteiger partial charge in [-0.05, 0) is 25.2 Å². The van der Waals surface area contributed by atoms with E-state index in [0.717, 1.165) is 11.8 Å². The highest BCUT2D eigenvalue weighted by atomic mass is 32.2. The lowest BCUT2D eigenvalue weighted by Gasteiger charge is -2.38. The fourth-order valence-corrected chi connectivity index (χ4v) is 2.87. The molecule has 13 heavy (non-hydrogen) atoms. The van der Waals surface area contributed by atoms with Gasteiger partial charge < -0.3 is 5.32 Å². The number of hydrogen-bond donors (Lipinski definition) is 1. The second-order valence-corrected chi connectivity index (χ2v) is 5.44. The highest BCUT2D eigenvalue weighted by Crippen LogP contribution is 2.36. The van der Waals surface area contributed by atoms with E-state index in [-0.39, 0.29) is 0 Å². The van der Waals surface area contributed by atoms with Crippen LogP contribution in [0.2, 0.25) is 0 Å². The van der Waals surface area contributed by atoms with Crippen molar-refractivity contribution in [3.05, 3.63) is 0 Å². The molecule has 0 aromatic heterocycles. The van der Waals surface area contributed by atoms with Gasteiger partial charge in [0.1, 0.15) is 0 Å². The fraction of sp³-hybridized carbons (Fsp3) is 0.900. The average Bonchev–Trinajstić information content (AvgIpc) is 2.50. The predicted molar refractivity (Wildman–Crippen MR) is 59.2 cm³/mol. The van der Waals surface area contributed by atoms with Gasteiger partial charge >= 0.3 is 0 Å². The molecule has 2 aliphatic rings. The van der Waals surface area contributed by atoms with Crippen molar-refractivity contribution in [3.63, 3.8) is 0 Å². The van der Waals surface area contributed by atoms with Gasteiger partial charge in [-0.2, -0.15) is 0 Å². The SMILES string of the molecule is CC1CSC(=NC2CC(C)C2C)N1. The molecule has 0 bridgehead atoms. The molecule has 0 amide bonds. The van der Waals surface area contributed by atoms with Crippen molar-refractivity contribution < 1.29 is 0 Å². The van der Waals surface area contributed by atoms with Gasteiger partial charge in [0.05, 0.1) is 6.04 Å². The summed E-state index contributed by atoms with van der Waals surface area (Å²) in [5.41, 5.74) is 0. The van der Waals surface area contributed by atoms with Crippen LogP contribution in [0.25, 0.3) is 0 Å². The van der Waals surface area contributed by atoms with E-state index >= 15 is 0 Å². The Morgan fingerprint density at radius 2 is 2.15 bits per heavy atom. The number of thioether (sulfide) groups is 1.